The second-order valence-corrected chi connectivity index (χ2v) is 10.1. The van der Waals surface area contributed by atoms with Crippen LogP contribution >= 0.6 is 11.3 Å². The minimum Gasteiger partial charge on any atom is -0.481 e. The summed E-state index contributed by atoms with van der Waals surface area (Å²) in [6.07, 6.45) is 3.49. The van der Waals surface area contributed by atoms with E-state index in [1.54, 1.807) is 11.3 Å². The highest BCUT2D eigenvalue weighted by Crippen LogP contribution is 2.36. The molecule has 6 rings (SSSR count). The first-order chi connectivity index (χ1) is 17.7. The van der Waals surface area contributed by atoms with Crippen LogP contribution in [0.2, 0.25) is 0 Å². The van der Waals surface area contributed by atoms with E-state index in [0.29, 0.717) is 25.6 Å². The molecule has 11 heteroatoms. The average molecular weight is 510 g/mol. The molecule has 10 nitrogen and oxygen atoms in total. The molecule has 0 spiro atoms. The summed E-state index contributed by atoms with van der Waals surface area (Å²) in [5, 5.41) is 17.7. The smallest absolute Gasteiger partial charge is 0.307 e. The van der Waals surface area contributed by atoms with Crippen LogP contribution < -0.4 is 10.6 Å². The molecule has 0 aliphatic carbocycles. The highest BCUT2D eigenvalue weighted by atomic mass is 32.1. The van der Waals surface area contributed by atoms with E-state index in [1.165, 1.54) is 11.9 Å². The normalized spacial score (nSPS) is 18.8. The first-order valence-electron chi connectivity index (χ1n) is 12.2. The number of nitrogens with two attached hydrogens (primary N) is 1. The molecule has 0 radical (unpaired) electrons. The molecule has 5 heterocycles. The number of hydrogen-bond donors (Lipinski definition) is 3. The van der Waals surface area contributed by atoms with E-state index < -0.39 is 5.97 Å². The van der Waals surface area contributed by atoms with E-state index in [-0.39, 0.29) is 5.92 Å². The van der Waals surface area contributed by atoms with Gasteiger partial charge in [-0.05, 0) is 38.6 Å². The number of nitrogens with one attached hydrogen (secondary N) is 1. The zero-order valence-corrected chi connectivity index (χ0v) is 21.1. The number of carboxylic acid groups (broad SMARTS) is 1. The number of anilines is 1. The predicted octanol–water partition coefficient (Wildman–Crippen LogP) is 2.94. The predicted molar refractivity (Wildman–Crippen MR) is 141 cm³/mol. The number of rotatable bonds is 5. The van der Waals surface area contributed by atoms with Gasteiger partial charge < -0.3 is 20.5 Å². The molecule has 4 N–H and O–H groups in total. The molecular weight excluding hydrogens is 478 g/mol. The van der Waals surface area contributed by atoms with Crippen molar-refractivity contribution in [1.29, 1.82) is 0 Å². The Morgan fingerprint density at radius 3 is 2.89 bits per heavy atom. The summed E-state index contributed by atoms with van der Waals surface area (Å²) in [4.78, 5) is 27.2. The number of hydrogen-bond acceptors (Lipinski definition) is 9. The van der Waals surface area contributed by atoms with Crippen LogP contribution in [0.1, 0.15) is 17.7 Å². The third-order valence-corrected chi connectivity index (χ3v) is 7.78. The van der Waals surface area contributed by atoms with Crippen molar-refractivity contribution in [3.8, 4) is 11.4 Å². The molecule has 2 aliphatic rings. The Morgan fingerprint density at radius 1 is 1.25 bits per heavy atom. The van der Waals surface area contributed by atoms with Gasteiger partial charge in [0, 0.05) is 42.0 Å². The van der Waals surface area contributed by atoms with Gasteiger partial charge >= 0.3 is 5.97 Å². The Labute approximate surface area is 213 Å². The quantitative estimate of drug-likeness (QED) is 0.371. The molecule has 0 bridgehead atoms. The standard InChI is InChI=1S/C24H26N6O3S.CH5N/c31-24(32)15-3-2-6-29(13-15)14-16-11-20-21(34-16)23(30-7-9-33-10-8-30)27-22(26-20)17-4-1-5-19-18(17)12-25-28-19;1-2/h1,4-5,11-12,15H,2-3,6-10,13-14H2,(H,25,28)(H,31,32);2H2,1H3/t15-;/m0./s1. The van der Waals surface area contributed by atoms with Crippen LogP contribution in [0.3, 0.4) is 0 Å². The van der Waals surface area contributed by atoms with Gasteiger partial charge in [0.1, 0.15) is 0 Å². The largest absolute Gasteiger partial charge is 0.481 e. The minimum atomic E-state index is -0.695. The Hall–Kier alpha value is -3.12. The van der Waals surface area contributed by atoms with Crippen LogP contribution in [0.15, 0.2) is 30.5 Å². The van der Waals surface area contributed by atoms with Crippen molar-refractivity contribution in [2.75, 3.05) is 51.3 Å². The SMILES string of the molecule is CN.O=C(O)[C@H]1CCCN(Cc2cc3nc(-c4cccc5[nH]ncc45)nc(N4CCOCC4)c3s2)C1. The van der Waals surface area contributed by atoms with Crippen LogP contribution in [0, 0.1) is 5.92 Å². The van der Waals surface area contributed by atoms with Crippen molar-refractivity contribution in [3.05, 3.63) is 35.3 Å². The summed E-state index contributed by atoms with van der Waals surface area (Å²) in [7, 11) is 1.50. The number of piperidine rings is 1. The van der Waals surface area contributed by atoms with Crippen LogP contribution in [0.4, 0.5) is 5.82 Å². The maximum Gasteiger partial charge on any atom is 0.307 e. The molecule has 1 atom stereocenters. The lowest BCUT2D eigenvalue weighted by molar-refractivity contribution is -0.143. The number of aromatic amines is 1. The molecule has 0 saturated carbocycles. The fourth-order valence-corrected chi connectivity index (χ4v) is 6.09. The number of morpholine rings is 1. The van der Waals surface area contributed by atoms with Crippen molar-refractivity contribution in [3.63, 3.8) is 0 Å². The lowest BCUT2D eigenvalue weighted by Gasteiger charge is -2.30. The first-order valence-corrected chi connectivity index (χ1v) is 13.1. The third-order valence-electron chi connectivity index (χ3n) is 6.68. The molecule has 2 aliphatic heterocycles. The monoisotopic (exact) mass is 509 g/mol. The zero-order chi connectivity index (χ0) is 25.1. The number of likely N-dealkylation sites (tertiary alicyclic amines) is 1. The van der Waals surface area contributed by atoms with E-state index in [4.69, 9.17) is 14.7 Å². The van der Waals surface area contributed by atoms with E-state index in [0.717, 1.165) is 71.5 Å². The molecule has 2 saturated heterocycles. The number of H-pyrrole nitrogens is 1. The van der Waals surface area contributed by atoms with Gasteiger partial charge in [0.2, 0.25) is 0 Å². The van der Waals surface area contributed by atoms with Gasteiger partial charge in [0.25, 0.3) is 0 Å². The maximum atomic E-state index is 11.5. The second kappa shape index (κ2) is 10.9. The molecule has 4 aromatic rings. The third kappa shape index (κ3) is 4.92. The summed E-state index contributed by atoms with van der Waals surface area (Å²) in [6.45, 7) is 5.21. The molecule has 1 aromatic carbocycles. The highest BCUT2D eigenvalue weighted by molar-refractivity contribution is 7.19. The molecule has 190 valence electrons. The molecule has 3 aromatic heterocycles. The Morgan fingerprint density at radius 2 is 2.08 bits per heavy atom. The van der Waals surface area contributed by atoms with Gasteiger partial charge in [-0.2, -0.15) is 5.10 Å². The van der Waals surface area contributed by atoms with Gasteiger partial charge in [0.15, 0.2) is 11.6 Å². The van der Waals surface area contributed by atoms with Gasteiger partial charge in [0.05, 0.1) is 41.1 Å². The number of carboxylic acids is 1. The molecular formula is C25H31N7O3S. The van der Waals surface area contributed by atoms with Gasteiger partial charge in [-0.1, -0.05) is 12.1 Å². The fourth-order valence-electron chi connectivity index (χ4n) is 4.94. The number of benzene rings is 1. The van der Waals surface area contributed by atoms with E-state index in [2.05, 4.69) is 31.8 Å². The van der Waals surface area contributed by atoms with E-state index in [9.17, 15) is 9.90 Å². The van der Waals surface area contributed by atoms with Crippen LogP contribution in [-0.4, -0.2) is 82.6 Å². The van der Waals surface area contributed by atoms with Crippen molar-refractivity contribution in [1.82, 2.24) is 25.1 Å². The summed E-state index contributed by atoms with van der Waals surface area (Å²) in [5.41, 5.74) is 7.34. The zero-order valence-electron chi connectivity index (χ0n) is 20.3. The Kier molecular flexibility index (Phi) is 7.42. The summed E-state index contributed by atoms with van der Waals surface area (Å²) in [5.74, 6) is 0.657. The summed E-state index contributed by atoms with van der Waals surface area (Å²) in [6, 6.07) is 8.18. The molecule has 36 heavy (non-hydrogen) atoms. The topological polar surface area (TPSA) is 133 Å². The maximum absolute atomic E-state index is 11.5. The summed E-state index contributed by atoms with van der Waals surface area (Å²) >= 11 is 1.71. The number of aromatic nitrogens is 4. The molecule has 0 unspecified atom stereocenters. The van der Waals surface area contributed by atoms with Crippen LogP contribution in [0.5, 0.6) is 0 Å². The molecule has 2 fully saturated rings. The lowest BCUT2D eigenvalue weighted by atomic mass is 9.98. The van der Waals surface area contributed by atoms with Crippen LogP contribution in [0.25, 0.3) is 32.5 Å². The van der Waals surface area contributed by atoms with Crippen molar-refractivity contribution < 1.29 is 14.6 Å². The Balaban J connectivity index is 0.00000130. The minimum absolute atomic E-state index is 0.283. The lowest BCUT2D eigenvalue weighted by Crippen LogP contribution is -2.37. The fraction of sp³-hybridized carbons (Fsp3) is 0.440. The van der Waals surface area contributed by atoms with Crippen molar-refractivity contribution in [2.45, 2.75) is 19.4 Å². The van der Waals surface area contributed by atoms with Crippen molar-refractivity contribution >= 4 is 44.2 Å². The number of carbonyl (C=O) groups is 1. The number of nitrogens with zero attached hydrogens (tertiary/aromatic N) is 5. The second-order valence-electron chi connectivity index (χ2n) is 8.95. The van der Waals surface area contributed by atoms with E-state index in [1.807, 2.05) is 24.4 Å². The highest BCUT2D eigenvalue weighted by Gasteiger charge is 2.26. The van der Waals surface area contributed by atoms with Gasteiger partial charge in [-0.25, -0.2) is 9.97 Å². The van der Waals surface area contributed by atoms with Crippen molar-refractivity contribution in [2.24, 2.45) is 11.7 Å². The average Bonchev–Trinajstić information content (AvgIpc) is 3.56. The van der Waals surface area contributed by atoms with Crippen LogP contribution in [-0.2, 0) is 16.1 Å². The first kappa shape index (κ1) is 24.6. The number of fused-ring (bicyclic) bond motifs is 2. The molecule has 0 amide bonds. The van der Waals surface area contributed by atoms with Gasteiger partial charge in [-0.15, -0.1) is 11.3 Å². The van der Waals surface area contributed by atoms with E-state index >= 15 is 0 Å². The van der Waals surface area contributed by atoms with Gasteiger partial charge in [-0.3, -0.25) is 14.8 Å². The Bertz CT molecular complexity index is 1350. The number of aliphatic carboxylic acids is 1. The number of ether oxygens (including phenoxy) is 1. The summed E-state index contributed by atoms with van der Waals surface area (Å²) < 4.78 is 6.66. The number of thiophene rings is 1.